The molecule has 0 spiro atoms. The molecule has 34 heavy (non-hydrogen) atoms. The van der Waals surface area contributed by atoms with E-state index in [9.17, 15) is 4.79 Å². The lowest BCUT2D eigenvalue weighted by Crippen LogP contribution is -2.06. The molecule has 0 aliphatic rings. The SMILES string of the molecule is COc1ccc(-c2nn(-c3ccccc3)cc2/C=C/C(=O)OC(C)c2nnc(C)o2)cc1OC. The Kier molecular flexibility index (Phi) is 6.72. The Hall–Kier alpha value is -4.40. The standard InChI is InChI=1S/C25H24N4O5/c1-16(25-27-26-17(2)34-25)33-23(30)13-11-19-15-29(20-8-6-5-7-9-20)28-24(19)18-10-12-21(31-3)22(14-18)32-4/h5-16H,1-4H3/b13-11+. The van der Waals surface area contributed by atoms with Gasteiger partial charge in [0, 0.05) is 30.3 Å². The molecule has 9 heteroatoms. The molecule has 0 fully saturated rings. The van der Waals surface area contributed by atoms with Gasteiger partial charge in [0.25, 0.3) is 5.89 Å². The van der Waals surface area contributed by atoms with Crippen molar-refractivity contribution >= 4 is 12.0 Å². The normalized spacial score (nSPS) is 12.0. The van der Waals surface area contributed by atoms with Crippen LogP contribution in [0.25, 0.3) is 23.0 Å². The summed E-state index contributed by atoms with van der Waals surface area (Å²) < 4.78 is 23.2. The van der Waals surface area contributed by atoms with Crippen molar-refractivity contribution in [2.45, 2.75) is 20.0 Å². The van der Waals surface area contributed by atoms with Crippen LogP contribution in [-0.2, 0) is 9.53 Å². The highest BCUT2D eigenvalue weighted by atomic mass is 16.6. The van der Waals surface area contributed by atoms with Gasteiger partial charge in [-0.25, -0.2) is 9.48 Å². The van der Waals surface area contributed by atoms with Crippen LogP contribution in [-0.4, -0.2) is 40.2 Å². The van der Waals surface area contributed by atoms with Crippen LogP contribution in [0.2, 0.25) is 0 Å². The predicted octanol–water partition coefficient (Wildman–Crippen LogP) is 4.57. The van der Waals surface area contributed by atoms with Crippen molar-refractivity contribution in [1.82, 2.24) is 20.0 Å². The third-order valence-corrected chi connectivity index (χ3v) is 5.00. The Labute approximate surface area is 196 Å². The van der Waals surface area contributed by atoms with Gasteiger partial charge < -0.3 is 18.6 Å². The summed E-state index contributed by atoms with van der Waals surface area (Å²) in [6.45, 7) is 3.34. The molecule has 0 saturated carbocycles. The van der Waals surface area contributed by atoms with Gasteiger partial charge in [-0.05, 0) is 43.3 Å². The van der Waals surface area contributed by atoms with Crippen molar-refractivity contribution in [3.63, 3.8) is 0 Å². The van der Waals surface area contributed by atoms with Gasteiger partial charge in [-0.3, -0.25) is 0 Å². The van der Waals surface area contributed by atoms with E-state index in [0.717, 1.165) is 11.3 Å². The molecule has 4 rings (SSSR count). The second-order valence-electron chi connectivity index (χ2n) is 7.35. The van der Waals surface area contributed by atoms with E-state index in [-0.39, 0.29) is 5.89 Å². The van der Waals surface area contributed by atoms with E-state index in [2.05, 4.69) is 10.2 Å². The number of benzene rings is 2. The molecule has 0 bridgehead atoms. The van der Waals surface area contributed by atoms with Crippen molar-refractivity contribution in [2.75, 3.05) is 14.2 Å². The summed E-state index contributed by atoms with van der Waals surface area (Å²) in [6, 6.07) is 15.2. The fraction of sp³-hybridized carbons (Fsp3) is 0.200. The van der Waals surface area contributed by atoms with Gasteiger partial charge in [0.05, 0.1) is 19.9 Å². The predicted molar refractivity (Wildman–Crippen MR) is 125 cm³/mol. The van der Waals surface area contributed by atoms with E-state index >= 15 is 0 Å². The molecule has 0 amide bonds. The van der Waals surface area contributed by atoms with Crippen molar-refractivity contribution in [3.05, 3.63) is 78.1 Å². The van der Waals surface area contributed by atoms with Crippen LogP contribution in [0.15, 0.2) is 65.2 Å². The molecule has 2 heterocycles. The number of nitrogens with zero attached hydrogens (tertiary/aromatic N) is 4. The Morgan fingerprint density at radius 2 is 1.82 bits per heavy atom. The molecule has 2 aromatic carbocycles. The average molecular weight is 460 g/mol. The number of carbonyl (C=O) groups is 1. The maximum atomic E-state index is 12.5. The third kappa shape index (κ3) is 4.98. The molecule has 0 aliphatic carbocycles. The second kappa shape index (κ2) is 10.0. The number of aryl methyl sites for hydroxylation is 1. The summed E-state index contributed by atoms with van der Waals surface area (Å²) in [5.74, 6) is 1.28. The third-order valence-electron chi connectivity index (χ3n) is 5.00. The molecule has 0 aliphatic heterocycles. The molecule has 2 aromatic heterocycles. The highest BCUT2D eigenvalue weighted by Gasteiger charge is 2.17. The highest BCUT2D eigenvalue weighted by molar-refractivity contribution is 5.89. The number of rotatable bonds is 8. The lowest BCUT2D eigenvalue weighted by Gasteiger charge is -2.09. The number of esters is 1. The van der Waals surface area contributed by atoms with E-state index in [4.69, 9.17) is 23.7 Å². The van der Waals surface area contributed by atoms with E-state index < -0.39 is 12.1 Å². The Bertz CT molecular complexity index is 1310. The van der Waals surface area contributed by atoms with Crippen molar-refractivity contribution in [1.29, 1.82) is 0 Å². The second-order valence-corrected chi connectivity index (χ2v) is 7.35. The zero-order valence-electron chi connectivity index (χ0n) is 19.3. The van der Waals surface area contributed by atoms with Crippen molar-refractivity contribution < 1.29 is 23.4 Å². The Balaban J connectivity index is 1.65. The van der Waals surface area contributed by atoms with Crippen molar-refractivity contribution in [3.8, 4) is 28.4 Å². The quantitative estimate of drug-likeness (QED) is 0.278. The topological polar surface area (TPSA) is 102 Å². The molecule has 0 N–H and O–H groups in total. The minimum atomic E-state index is -0.671. The first kappa shape index (κ1) is 22.8. The smallest absolute Gasteiger partial charge is 0.331 e. The van der Waals surface area contributed by atoms with Gasteiger partial charge in [0.15, 0.2) is 17.6 Å². The first-order chi connectivity index (χ1) is 16.5. The van der Waals surface area contributed by atoms with Crippen LogP contribution in [0.1, 0.15) is 30.4 Å². The number of methoxy groups -OCH3 is 2. The van der Waals surface area contributed by atoms with E-state index in [1.54, 1.807) is 38.8 Å². The maximum Gasteiger partial charge on any atom is 0.331 e. The molecule has 0 saturated heterocycles. The zero-order valence-corrected chi connectivity index (χ0v) is 19.3. The van der Waals surface area contributed by atoms with Gasteiger partial charge in [0.2, 0.25) is 5.89 Å². The van der Waals surface area contributed by atoms with E-state index in [1.165, 1.54) is 6.08 Å². The fourth-order valence-corrected chi connectivity index (χ4v) is 3.33. The van der Waals surface area contributed by atoms with Gasteiger partial charge in [-0.15, -0.1) is 10.2 Å². The van der Waals surface area contributed by atoms with Gasteiger partial charge in [0.1, 0.15) is 5.69 Å². The van der Waals surface area contributed by atoms with Gasteiger partial charge in [-0.1, -0.05) is 18.2 Å². The first-order valence-corrected chi connectivity index (χ1v) is 10.5. The van der Waals surface area contributed by atoms with Crippen LogP contribution < -0.4 is 9.47 Å². The number of para-hydroxylation sites is 1. The molecule has 0 radical (unpaired) electrons. The minimum Gasteiger partial charge on any atom is -0.493 e. The summed E-state index contributed by atoms with van der Waals surface area (Å²) in [4.78, 5) is 12.5. The molecule has 1 atom stereocenters. The number of hydrogen-bond acceptors (Lipinski definition) is 8. The lowest BCUT2D eigenvalue weighted by molar-refractivity contribution is -0.143. The van der Waals surface area contributed by atoms with Crippen LogP contribution in [0.3, 0.4) is 0 Å². The summed E-state index contributed by atoms with van der Waals surface area (Å²) in [5, 5.41) is 12.4. The monoisotopic (exact) mass is 460 g/mol. The van der Waals surface area contributed by atoms with Crippen LogP contribution in [0, 0.1) is 6.92 Å². The molecule has 4 aromatic rings. The Morgan fingerprint density at radius 1 is 1.06 bits per heavy atom. The molecular formula is C25H24N4O5. The van der Waals surface area contributed by atoms with Crippen LogP contribution in [0.4, 0.5) is 0 Å². The summed E-state index contributed by atoms with van der Waals surface area (Å²) in [5.41, 5.74) is 3.06. The number of hydrogen-bond donors (Lipinski definition) is 0. The molecule has 9 nitrogen and oxygen atoms in total. The van der Waals surface area contributed by atoms with Gasteiger partial charge >= 0.3 is 5.97 Å². The molecule has 174 valence electrons. The molecule has 1 unspecified atom stereocenters. The summed E-state index contributed by atoms with van der Waals surface area (Å²) in [6.07, 6.45) is 4.18. The minimum absolute atomic E-state index is 0.238. The number of carbonyl (C=O) groups excluding carboxylic acids is 1. The number of ether oxygens (including phenoxy) is 3. The van der Waals surface area contributed by atoms with E-state index in [1.807, 2.05) is 54.7 Å². The lowest BCUT2D eigenvalue weighted by atomic mass is 10.1. The van der Waals surface area contributed by atoms with E-state index in [0.29, 0.717) is 28.6 Å². The maximum absolute atomic E-state index is 12.5. The van der Waals surface area contributed by atoms with Gasteiger partial charge in [-0.2, -0.15) is 5.10 Å². The summed E-state index contributed by atoms with van der Waals surface area (Å²) in [7, 11) is 3.16. The first-order valence-electron chi connectivity index (χ1n) is 10.5. The zero-order chi connectivity index (χ0) is 24.1. The number of aromatic nitrogens is 4. The largest absolute Gasteiger partial charge is 0.493 e. The van der Waals surface area contributed by atoms with Crippen molar-refractivity contribution in [2.24, 2.45) is 0 Å². The van der Waals surface area contributed by atoms with Crippen LogP contribution in [0.5, 0.6) is 11.5 Å². The average Bonchev–Trinajstić information content (AvgIpc) is 3.49. The molecular weight excluding hydrogens is 436 g/mol. The Morgan fingerprint density at radius 3 is 2.50 bits per heavy atom. The highest BCUT2D eigenvalue weighted by Crippen LogP contribution is 2.33. The summed E-state index contributed by atoms with van der Waals surface area (Å²) >= 11 is 0. The van der Waals surface area contributed by atoms with Crippen LogP contribution >= 0.6 is 0 Å². The fourth-order valence-electron chi connectivity index (χ4n) is 3.33.